The summed E-state index contributed by atoms with van der Waals surface area (Å²) in [5.41, 5.74) is 0.807. The normalized spacial score (nSPS) is 22.7. The third-order valence-corrected chi connectivity index (χ3v) is 4.94. The number of ketones is 1. The van der Waals surface area contributed by atoms with E-state index in [2.05, 4.69) is 9.97 Å². The van der Waals surface area contributed by atoms with Crippen LogP contribution in [0.1, 0.15) is 74.3 Å². The molecule has 2 aromatic heterocycles. The second kappa shape index (κ2) is 7.74. The van der Waals surface area contributed by atoms with Gasteiger partial charge in [0.25, 0.3) is 5.91 Å². The molecule has 148 valence electrons. The first-order valence-corrected chi connectivity index (χ1v) is 9.16. The van der Waals surface area contributed by atoms with Gasteiger partial charge in [-0.3, -0.25) is 14.5 Å². The molecule has 1 aliphatic rings. The summed E-state index contributed by atoms with van der Waals surface area (Å²) in [7, 11) is 0. The lowest BCUT2D eigenvalue weighted by molar-refractivity contribution is -0.119. The summed E-state index contributed by atoms with van der Waals surface area (Å²) in [6, 6.07) is 11.9. The molecule has 1 amide bonds. The molecule has 0 radical (unpaired) electrons. The first-order valence-electron chi connectivity index (χ1n) is 14.2. The minimum atomic E-state index is -3.14. The van der Waals surface area contributed by atoms with Crippen LogP contribution in [-0.2, 0) is 4.79 Å². The minimum absolute atomic E-state index is 0.101. The van der Waals surface area contributed by atoms with Gasteiger partial charge in [-0.15, -0.1) is 0 Å². The summed E-state index contributed by atoms with van der Waals surface area (Å²) in [4.78, 5) is 36.4. The van der Waals surface area contributed by atoms with E-state index in [1.54, 1.807) is 42.5 Å². The number of anilines is 1. The molecule has 4 rings (SSSR count). The number of nitrogens with zero attached hydrogens (tertiary/aromatic N) is 3. The van der Waals surface area contributed by atoms with Crippen molar-refractivity contribution < 1.29 is 23.3 Å². The third kappa shape index (κ3) is 3.77. The SMILES string of the molecule is [2H]C([2H])([2H])c1ccc2ccc(N3C(=O)c4ccccc4[C@@H]3CC(=O)CCC([2H])(C([2H])([2H])[2H])C([2H])([2H])[2H])nc2n1. The number of fused-ring (bicyclic) bond motifs is 2. The molecular weight excluding hydrogens is 362 g/mol. The van der Waals surface area contributed by atoms with Crippen molar-refractivity contribution in [2.75, 3.05) is 4.90 Å². The number of Topliss-reactive ketones (excluding diaryl/α,β-unsaturated/α-hetero) is 1. The van der Waals surface area contributed by atoms with Crippen LogP contribution in [-0.4, -0.2) is 21.7 Å². The second-order valence-electron chi connectivity index (χ2n) is 6.91. The van der Waals surface area contributed by atoms with E-state index in [0.29, 0.717) is 16.5 Å². The van der Waals surface area contributed by atoms with Gasteiger partial charge in [0.05, 0.1) is 6.04 Å². The number of carbonyl (C=O) groups excluding carboxylic acids is 2. The van der Waals surface area contributed by atoms with E-state index in [4.69, 9.17) is 13.7 Å². The summed E-state index contributed by atoms with van der Waals surface area (Å²) in [5.74, 6) is -3.66. The van der Waals surface area contributed by atoms with Crippen molar-refractivity contribution in [2.24, 2.45) is 5.89 Å². The molecule has 0 bridgehead atoms. The average molecular weight is 398 g/mol. The molecular formula is C24H25N3O2. The summed E-state index contributed by atoms with van der Waals surface area (Å²) in [5, 5.41) is 0.546. The predicted molar refractivity (Wildman–Crippen MR) is 114 cm³/mol. The highest BCUT2D eigenvalue weighted by Gasteiger charge is 2.39. The highest BCUT2D eigenvalue weighted by molar-refractivity contribution is 6.11. The maximum absolute atomic E-state index is 13.4. The van der Waals surface area contributed by atoms with Crippen LogP contribution in [0.5, 0.6) is 0 Å². The molecule has 5 heteroatoms. The molecule has 0 unspecified atom stereocenters. The van der Waals surface area contributed by atoms with Gasteiger partial charge >= 0.3 is 0 Å². The lowest BCUT2D eigenvalue weighted by Gasteiger charge is -2.24. The molecule has 1 aromatic carbocycles. The monoisotopic (exact) mass is 397 g/mol. The maximum Gasteiger partial charge on any atom is 0.260 e. The Bertz CT molecular complexity index is 1420. The fraction of sp³-hybridized carbons (Fsp3) is 0.333. The fourth-order valence-electron chi connectivity index (χ4n) is 3.56. The molecule has 3 aromatic rings. The predicted octanol–water partition coefficient (Wildman–Crippen LogP) is 5.04. The molecule has 1 atom stereocenters. The standard InChI is InChI=1S/C24H25N3O2/c1-15(2)8-12-18(28)14-21-19-6-4-5-7-20(19)24(29)27(21)22-13-11-17-10-9-16(3)25-23(17)26-22/h4-7,9-11,13,15,21H,8,12,14H2,1-3H3/t21-/m0/s1/i1D3,2D3,3D3,15D. The minimum Gasteiger partial charge on any atom is -0.300 e. The number of pyridine rings is 2. The first-order chi connectivity index (χ1) is 17.9. The van der Waals surface area contributed by atoms with Gasteiger partial charge in [-0.05, 0) is 55.1 Å². The molecule has 0 saturated heterocycles. The van der Waals surface area contributed by atoms with Gasteiger partial charge in [0, 0.05) is 43.2 Å². The number of aryl methyl sites for hydroxylation is 1. The topological polar surface area (TPSA) is 63.2 Å². The Morgan fingerprint density at radius 1 is 1.17 bits per heavy atom. The highest BCUT2D eigenvalue weighted by atomic mass is 16.2. The lowest BCUT2D eigenvalue weighted by atomic mass is 9.97. The number of benzene rings is 1. The van der Waals surface area contributed by atoms with Crippen LogP contribution >= 0.6 is 0 Å². The zero-order valence-electron chi connectivity index (χ0n) is 25.5. The molecule has 29 heavy (non-hydrogen) atoms. The van der Waals surface area contributed by atoms with Crippen LogP contribution in [0.15, 0.2) is 48.5 Å². The van der Waals surface area contributed by atoms with Crippen LogP contribution in [0.3, 0.4) is 0 Å². The Morgan fingerprint density at radius 3 is 2.83 bits per heavy atom. The van der Waals surface area contributed by atoms with Crippen molar-refractivity contribution in [1.29, 1.82) is 0 Å². The number of amides is 1. The smallest absolute Gasteiger partial charge is 0.260 e. The quantitative estimate of drug-likeness (QED) is 0.585. The van der Waals surface area contributed by atoms with E-state index in [9.17, 15) is 9.59 Å². The maximum atomic E-state index is 13.4. The van der Waals surface area contributed by atoms with Crippen molar-refractivity contribution in [3.63, 3.8) is 0 Å². The Hall–Kier alpha value is -3.08. The van der Waals surface area contributed by atoms with E-state index in [0.717, 1.165) is 0 Å². The van der Waals surface area contributed by atoms with Crippen molar-refractivity contribution in [2.45, 2.75) is 45.9 Å². The largest absolute Gasteiger partial charge is 0.300 e. The van der Waals surface area contributed by atoms with E-state index in [1.807, 2.05) is 0 Å². The number of hydrogen-bond donors (Lipinski definition) is 0. The number of hydrogen-bond acceptors (Lipinski definition) is 4. The molecule has 0 aliphatic carbocycles. The second-order valence-corrected chi connectivity index (χ2v) is 6.91. The van der Waals surface area contributed by atoms with Crippen molar-refractivity contribution >= 4 is 28.5 Å². The molecule has 3 heterocycles. The molecule has 5 nitrogen and oxygen atoms in total. The Morgan fingerprint density at radius 2 is 2.00 bits per heavy atom. The molecule has 0 spiro atoms. The van der Waals surface area contributed by atoms with Gasteiger partial charge in [0.1, 0.15) is 11.6 Å². The zero-order chi connectivity index (χ0) is 29.0. The van der Waals surface area contributed by atoms with Gasteiger partial charge in [0.15, 0.2) is 5.65 Å². The first kappa shape index (κ1) is 10.6. The van der Waals surface area contributed by atoms with Crippen LogP contribution in [0.4, 0.5) is 5.82 Å². The molecule has 0 fully saturated rings. The average Bonchev–Trinajstić information content (AvgIpc) is 3.11. The zero-order valence-corrected chi connectivity index (χ0v) is 15.5. The Labute approximate surface area is 184 Å². The van der Waals surface area contributed by atoms with Gasteiger partial charge in [-0.25, -0.2) is 9.97 Å². The van der Waals surface area contributed by atoms with E-state index in [-0.39, 0.29) is 23.6 Å². The summed E-state index contributed by atoms with van der Waals surface area (Å²) in [6.07, 6.45) is -1.48. The van der Waals surface area contributed by atoms with Gasteiger partial charge < -0.3 is 0 Å². The van der Waals surface area contributed by atoms with Crippen molar-refractivity contribution in [3.8, 4) is 0 Å². The summed E-state index contributed by atoms with van der Waals surface area (Å²) >= 11 is 0. The van der Waals surface area contributed by atoms with E-state index < -0.39 is 57.0 Å². The van der Waals surface area contributed by atoms with Crippen LogP contribution in [0.25, 0.3) is 11.0 Å². The van der Waals surface area contributed by atoms with Crippen LogP contribution < -0.4 is 4.90 Å². The van der Waals surface area contributed by atoms with Crippen molar-refractivity contribution in [1.82, 2.24) is 9.97 Å². The van der Waals surface area contributed by atoms with Crippen LogP contribution in [0, 0.1) is 12.7 Å². The van der Waals surface area contributed by atoms with Crippen LogP contribution in [0.2, 0.25) is 0 Å². The Balaban J connectivity index is 1.67. The van der Waals surface area contributed by atoms with Gasteiger partial charge in [-0.2, -0.15) is 0 Å². The number of rotatable bonds is 6. The van der Waals surface area contributed by atoms with Gasteiger partial charge in [-0.1, -0.05) is 31.9 Å². The lowest BCUT2D eigenvalue weighted by Crippen LogP contribution is -2.30. The fourth-order valence-corrected chi connectivity index (χ4v) is 3.56. The Kier molecular flexibility index (Phi) is 2.84. The highest BCUT2D eigenvalue weighted by Crippen LogP contribution is 2.39. The molecule has 0 N–H and O–H groups in total. The van der Waals surface area contributed by atoms with E-state index >= 15 is 0 Å². The number of aromatic nitrogens is 2. The third-order valence-electron chi connectivity index (χ3n) is 4.94. The summed E-state index contributed by atoms with van der Waals surface area (Å²) < 4.78 is 76.4. The van der Waals surface area contributed by atoms with Crippen molar-refractivity contribution in [3.05, 3.63) is 65.4 Å². The summed E-state index contributed by atoms with van der Waals surface area (Å²) in [6.45, 7) is -8.75. The van der Waals surface area contributed by atoms with E-state index in [1.165, 1.54) is 11.0 Å². The molecule has 0 saturated carbocycles. The molecule has 1 aliphatic heterocycles. The number of carbonyl (C=O) groups is 2. The van der Waals surface area contributed by atoms with Gasteiger partial charge in [0.2, 0.25) is 0 Å².